The van der Waals surface area contributed by atoms with Gasteiger partial charge in [0.2, 0.25) is 5.91 Å². The van der Waals surface area contributed by atoms with Gasteiger partial charge in [0, 0.05) is 6.42 Å². The molecule has 2 unspecified atom stereocenters. The first-order chi connectivity index (χ1) is 26.2. The van der Waals surface area contributed by atoms with E-state index in [4.69, 9.17) is 0 Å². The normalized spacial score (nSPS) is 13.4. The van der Waals surface area contributed by atoms with Crippen LogP contribution in [0, 0.1) is 0 Å². The summed E-state index contributed by atoms with van der Waals surface area (Å²) >= 11 is 0. The van der Waals surface area contributed by atoms with Crippen LogP contribution < -0.4 is 5.32 Å². The zero-order valence-corrected chi connectivity index (χ0v) is 35.5. The summed E-state index contributed by atoms with van der Waals surface area (Å²) in [6.07, 6.45) is 60.9. The number of hydrogen-bond acceptors (Lipinski definition) is 3. The van der Waals surface area contributed by atoms with E-state index in [1.165, 1.54) is 180 Å². The minimum atomic E-state index is -0.872. The van der Waals surface area contributed by atoms with Crippen LogP contribution in [0.3, 0.4) is 0 Å². The van der Waals surface area contributed by atoms with Gasteiger partial charge in [-0.3, -0.25) is 4.79 Å². The van der Waals surface area contributed by atoms with Gasteiger partial charge in [0.1, 0.15) is 0 Å². The summed E-state index contributed by atoms with van der Waals surface area (Å²) in [6, 6.07) is -0.648. The zero-order chi connectivity index (χ0) is 38.6. The van der Waals surface area contributed by atoms with Crippen LogP contribution in [-0.4, -0.2) is 34.9 Å². The Bertz CT molecular complexity index is 847. The van der Waals surface area contributed by atoms with Crippen molar-refractivity contribution in [1.29, 1.82) is 0 Å². The van der Waals surface area contributed by atoms with Gasteiger partial charge < -0.3 is 15.5 Å². The number of rotatable bonds is 42. The fourth-order valence-electron chi connectivity index (χ4n) is 6.91. The molecule has 0 heterocycles. The third-order valence-electron chi connectivity index (χ3n) is 10.5. The summed E-state index contributed by atoms with van der Waals surface area (Å²) in [5.74, 6) is -0.0819. The van der Waals surface area contributed by atoms with Crippen molar-refractivity contribution in [3.8, 4) is 0 Å². The largest absolute Gasteiger partial charge is 0.394 e. The molecule has 4 nitrogen and oxygen atoms in total. The van der Waals surface area contributed by atoms with Gasteiger partial charge in [0.15, 0.2) is 0 Å². The first-order valence-electron chi connectivity index (χ1n) is 23.4. The van der Waals surface area contributed by atoms with Gasteiger partial charge in [0.25, 0.3) is 0 Å². The molecule has 53 heavy (non-hydrogen) atoms. The van der Waals surface area contributed by atoms with Crippen molar-refractivity contribution in [3.05, 3.63) is 48.6 Å². The van der Waals surface area contributed by atoms with Crippen LogP contribution in [0.25, 0.3) is 0 Å². The fourth-order valence-corrected chi connectivity index (χ4v) is 6.91. The SMILES string of the molecule is CCCCCCCCCCCC/C=C\CCCCCCCCCC(=O)NC(CO)C(O)/C=C/CC/C=C/CC/C=C/CCCCCCCCCCCC. The van der Waals surface area contributed by atoms with Gasteiger partial charge in [-0.25, -0.2) is 0 Å². The summed E-state index contributed by atoms with van der Waals surface area (Å²) in [7, 11) is 0. The van der Waals surface area contributed by atoms with Crippen molar-refractivity contribution in [3.63, 3.8) is 0 Å². The number of unbranched alkanes of at least 4 members (excludes halogenated alkanes) is 29. The highest BCUT2D eigenvalue weighted by Gasteiger charge is 2.17. The van der Waals surface area contributed by atoms with Crippen LogP contribution in [-0.2, 0) is 4.79 Å². The highest BCUT2D eigenvalue weighted by molar-refractivity contribution is 5.76. The highest BCUT2D eigenvalue weighted by atomic mass is 16.3. The lowest BCUT2D eigenvalue weighted by Crippen LogP contribution is -2.45. The van der Waals surface area contributed by atoms with E-state index >= 15 is 0 Å². The maximum Gasteiger partial charge on any atom is 0.220 e. The quantitative estimate of drug-likeness (QED) is 0.0431. The minimum absolute atomic E-state index is 0.0819. The van der Waals surface area contributed by atoms with Crippen molar-refractivity contribution < 1.29 is 15.0 Å². The van der Waals surface area contributed by atoms with E-state index in [0.29, 0.717) is 6.42 Å². The van der Waals surface area contributed by atoms with Crippen molar-refractivity contribution in [1.82, 2.24) is 5.32 Å². The molecule has 0 saturated heterocycles. The van der Waals surface area contributed by atoms with E-state index in [-0.39, 0.29) is 12.5 Å². The molecule has 0 radical (unpaired) electrons. The lowest BCUT2D eigenvalue weighted by molar-refractivity contribution is -0.123. The predicted octanol–water partition coefficient (Wildman–Crippen LogP) is 14.7. The molecule has 0 aromatic carbocycles. The van der Waals surface area contributed by atoms with Gasteiger partial charge >= 0.3 is 0 Å². The number of aliphatic hydroxyl groups excluding tert-OH is 2. The number of aliphatic hydroxyl groups is 2. The van der Waals surface area contributed by atoms with Gasteiger partial charge in [-0.05, 0) is 70.6 Å². The van der Waals surface area contributed by atoms with E-state index in [9.17, 15) is 15.0 Å². The molecule has 0 aliphatic carbocycles. The molecule has 0 aromatic heterocycles. The Labute approximate surface area is 331 Å². The standard InChI is InChI=1S/C49H91NO3/c1-3-5-7-9-11-13-15-17-19-21-23-25-27-29-31-33-35-37-39-41-43-45-49(53)50-47(46-51)48(52)44-42-40-38-36-34-32-30-28-26-24-22-20-18-16-14-12-10-8-6-4-2/h25-28,34,36,42,44,47-48,51-52H,3-24,29-33,35,37-41,43,45-46H2,1-2H3,(H,50,53)/b27-25-,28-26+,36-34+,44-42+. The van der Waals surface area contributed by atoms with E-state index in [0.717, 1.165) is 38.5 Å². The number of nitrogens with one attached hydrogen (secondary N) is 1. The second-order valence-corrected chi connectivity index (χ2v) is 15.8. The molecule has 3 N–H and O–H groups in total. The molecule has 4 heteroatoms. The molecule has 0 saturated carbocycles. The summed E-state index contributed by atoms with van der Waals surface area (Å²) in [4.78, 5) is 12.4. The molecule has 1 amide bonds. The van der Waals surface area contributed by atoms with Gasteiger partial charge in [-0.15, -0.1) is 0 Å². The third kappa shape index (κ3) is 41.4. The van der Waals surface area contributed by atoms with Gasteiger partial charge in [-0.1, -0.05) is 210 Å². The highest BCUT2D eigenvalue weighted by Crippen LogP contribution is 2.14. The Morgan fingerprint density at radius 3 is 1.09 bits per heavy atom. The second-order valence-electron chi connectivity index (χ2n) is 15.8. The first kappa shape index (κ1) is 51.4. The molecule has 2 atom stereocenters. The second kappa shape index (κ2) is 44.7. The first-order valence-corrected chi connectivity index (χ1v) is 23.4. The van der Waals surface area contributed by atoms with E-state index < -0.39 is 12.1 Å². The minimum Gasteiger partial charge on any atom is -0.394 e. The van der Waals surface area contributed by atoms with E-state index in [1.54, 1.807) is 6.08 Å². The van der Waals surface area contributed by atoms with Crippen LogP contribution >= 0.6 is 0 Å². The number of carbonyl (C=O) groups excluding carboxylic acids is 1. The van der Waals surface area contributed by atoms with Gasteiger partial charge in [-0.2, -0.15) is 0 Å². The Morgan fingerprint density at radius 1 is 0.434 bits per heavy atom. The zero-order valence-electron chi connectivity index (χ0n) is 35.5. The molecule has 0 rings (SSSR count). The Morgan fingerprint density at radius 2 is 0.736 bits per heavy atom. The molecule has 0 bridgehead atoms. The van der Waals surface area contributed by atoms with Crippen molar-refractivity contribution >= 4 is 5.91 Å². The average Bonchev–Trinajstić information content (AvgIpc) is 3.16. The molecular formula is C49H91NO3. The van der Waals surface area contributed by atoms with Crippen LogP contribution in [0.2, 0.25) is 0 Å². The smallest absolute Gasteiger partial charge is 0.220 e. The fraction of sp³-hybridized carbons (Fsp3) is 0.816. The van der Waals surface area contributed by atoms with E-state index in [2.05, 4.69) is 55.6 Å². The van der Waals surface area contributed by atoms with Crippen molar-refractivity contribution in [2.75, 3.05) is 6.61 Å². The molecule has 0 aliphatic rings. The molecule has 0 aliphatic heterocycles. The lowest BCUT2D eigenvalue weighted by atomic mass is 10.1. The van der Waals surface area contributed by atoms with Crippen LogP contribution in [0.1, 0.15) is 239 Å². The van der Waals surface area contributed by atoms with Crippen molar-refractivity contribution in [2.45, 2.75) is 251 Å². The summed E-state index contributed by atoms with van der Waals surface area (Å²) in [6.45, 7) is 4.30. The molecule has 310 valence electrons. The maximum absolute atomic E-state index is 12.4. The van der Waals surface area contributed by atoms with Crippen molar-refractivity contribution in [2.24, 2.45) is 0 Å². The van der Waals surface area contributed by atoms with Crippen LogP contribution in [0.5, 0.6) is 0 Å². The van der Waals surface area contributed by atoms with Crippen LogP contribution in [0.15, 0.2) is 48.6 Å². The topological polar surface area (TPSA) is 69.6 Å². The summed E-state index contributed by atoms with van der Waals surface area (Å²) in [5.41, 5.74) is 0. The third-order valence-corrected chi connectivity index (χ3v) is 10.5. The molecule has 0 aromatic rings. The average molecular weight is 742 g/mol. The lowest BCUT2D eigenvalue weighted by Gasteiger charge is -2.19. The number of carbonyl (C=O) groups is 1. The number of allylic oxidation sites excluding steroid dienone is 7. The van der Waals surface area contributed by atoms with Gasteiger partial charge in [0.05, 0.1) is 18.8 Å². The monoisotopic (exact) mass is 742 g/mol. The van der Waals surface area contributed by atoms with Crippen LogP contribution in [0.4, 0.5) is 0 Å². The van der Waals surface area contributed by atoms with E-state index in [1.807, 2.05) is 6.08 Å². The molecule has 0 spiro atoms. The summed E-state index contributed by atoms with van der Waals surface area (Å²) < 4.78 is 0. The Kier molecular flexibility index (Phi) is 43.4. The predicted molar refractivity (Wildman–Crippen MR) is 235 cm³/mol. The number of hydrogen-bond donors (Lipinski definition) is 3. The molecular weight excluding hydrogens is 651 g/mol. The Balaban J connectivity index is 3.63. The molecule has 0 fully saturated rings. The number of amides is 1. The maximum atomic E-state index is 12.4. The Hall–Kier alpha value is -1.65. The summed E-state index contributed by atoms with van der Waals surface area (Å²) in [5, 5.41) is 23.0.